The molecule has 0 bridgehead atoms. The van der Waals surface area contributed by atoms with Crippen LogP contribution in [0.1, 0.15) is 42.6 Å². The molecule has 0 saturated heterocycles. The first kappa shape index (κ1) is 17.4. The Labute approximate surface area is 147 Å². The summed E-state index contributed by atoms with van der Waals surface area (Å²) in [4.78, 5) is 24.7. The zero-order valence-electron chi connectivity index (χ0n) is 14.7. The van der Waals surface area contributed by atoms with Crippen molar-refractivity contribution in [3.8, 4) is 0 Å². The van der Waals surface area contributed by atoms with Gasteiger partial charge in [0.15, 0.2) is 5.60 Å². The minimum absolute atomic E-state index is 0.0707. The number of fused-ring (bicyclic) bond motifs is 1. The number of nitrogens with zero attached hydrogens (tertiary/aromatic N) is 1. The molecule has 1 amide bonds. The van der Waals surface area contributed by atoms with Crippen molar-refractivity contribution in [2.75, 3.05) is 0 Å². The van der Waals surface area contributed by atoms with Crippen LogP contribution in [0, 0.1) is 6.92 Å². The van der Waals surface area contributed by atoms with Crippen LogP contribution < -0.4 is 10.9 Å². The minimum atomic E-state index is -1.66. The molecule has 1 aromatic carbocycles. The van der Waals surface area contributed by atoms with Crippen molar-refractivity contribution in [2.24, 2.45) is 0 Å². The second-order valence-electron chi connectivity index (χ2n) is 6.98. The van der Waals surface area contributed by atoms with Gasteiger partial charge in [-0.25, -0.2) is 0 Å². The molecular formula is C20H24N2O3. The summed E-state index contributed by atoms with van der Waals surface area (Å²) in [6.45, 7) is 3.17. The molecular weight excluding hydrogens is 316 g/mol. The van der Waals surface area contributed by atoms with Crippen LogP contribution in [0.2, 0.25) is 0 Å². The van der Waals surface area contributed by atoms with E-state index in [1.807, 2.05) is 18.2 Å². The SMILES string of the molecule is Cc1cccc(=O)n1C[C@](C)(O)C(=O)N[C@@H]1CCCc2ccccc21. The maximum Gasteiger partial charge on any atom is 0.254 e. The van der Waals surface area contributed by atoms with Gasteiger partial charge in [0.25, 0.3) is 11.5 Å². The predicted molar refractivity (Wildman–Crippen MR) is 96.3 cm³/mol. The zero-order chi connectivity index (χ0) is 18.0. The first-order valence-corrected chi connectivity index (χ1v) is 8.66. The lowest BCUT2D eigenvalue weighted by atomic mass is 9.87. The Morgan fingerprint density at radius 3 is 2.80 bits per heavy atom. The Balaban J connectivity index is 1.78. The van der Waals surface area contributed by atoms with E-state index in [9.17, 15) is 14.7 Å². The van der Waals surface area contributed by atoms with Crippen LogP contribution in [0.15, 0.2) is 47.3 Å². The monoisotopic (exact) mass is 340 g/mol. The third kappa shape index (κ3) is 3.66. The average molecular weight is 340 g/mol. The van der Waals surface area contributed by atoms with Crippen LogP contribution in [0.5, 0.6) is 0 Å². The largest absolute Gasteiger partial charge is 0.378 e. The van der Waals surface area contributed by atoms with Crippen molar-refractivity contribution in [3.63, 3.8) is 0 Å². The lowest BCUT2D eigenvalue weighted by Crippen LogP contribution is -2.50. The highest BCUT2D eigenvalue weighted by atomic mass is 16.3. The van der Waals surface area contributed by atoms with Gasteiger partial charge in [0.1, 0.15) is 0 Å². The lowest BCUT2D eigenvalue weighted by Gasteiger charge is -2.30. The Morgan fingerprint density at radius 1 is 1.28 bits per heavy atom. The van der Waals surface area contributed by atoms with Gasteiger partial charge in [-0.15, -0.1) is 0 Å². The van der Waals surface area contributed by atoms with Crippen LogP contribution in [-0.2, 0) is 17.8 Å². The summed E-state index contributed by atoms with van der Waals surface area (Å²) in [5, 5.41) is 13.7. The molecule has 0 spiro atoms. The molecule has 0 saturated carbocycles. The quantitative estimate of drug-likeness (QED) is 0.895. The number of carbonyl (C=O) groups excluding carboxylic acids is 1. The van der Waals surface area contributed by atoms with Gasteiger partial charge in [0.2, 0.25) is 0 Å². The second kappa shape index (κ2) is 6.84. The number of hydrogen-bond acceptors (Lipinski definition) is 3. The second-order valence-corrected chi connectivity index (χ2v) is 6.98. The molecule has 0 aliphatic heterocycles. The molecule has 132 valence electrons. The number of amides is 1. The van der Waals surface area contributed by atoms with E-state index in [-0.39, 0.29) is 18.1 Å². The van der Waals surface area contributed by atoms with Crippen LogP contribution in [-0.4, -0.2) is 21.2 Å². The molecule has 0 radical (unpaired) electrons. The van der Waals surface area contributed by atoms with E-state index in [0.717, 1.165) is 24.8 Å². The highest BCUT2D eigenvalue weighted by Gasteiger charge is 2.34. The number of hydrogen-bond donors (Lipinski definition) is 2. The molecule has 25 heavy (non-hydrogen) atoms. The molecule has 1 heterocycles. The van der Waals surface area contributed by atoms with Crippen LogP contribution in [0.3, 0.4) is 0 Å². The summed E-state index contributed by atoms with van der Waals surface area (Å²) in [5.41, 5.74) is 1.18. The third-order valence-electron chi connectivity index (χ3n) is 4.90. The van der Waals surface area contributed by atoms with Gasteiger partial charge in [-0.05, 0) is 50.3 Å². The molecule has 2 aromatic rings. The van der Waals surface area contributed by atoms with Crippen molar-refractivity contribution in [3.05, 3.63) is 69.6 Å². The van der Waals surface area contributed by atoms with Crippen LogP contribution >= 0.6 is 0 Å². The standard InChI is InChI=1S/C20H24N2O3/c1-14-7-5-12-18(23)22(14)13-20(2,25)19(24)21-17-11-6-9-15-8-3-4-10-16(15)17/h3-5,7-8,10,12,17,25H,6,9,11,13H2,1-2H3,(H,21,24)/t17-,20+/m1/s1. The Kier molecular flexibility index (Phi) is 4.77. The summed E-state index contributed by atoms with van der Waals surface area (Å²) in [5.74, 6) is -0.454. The topological polar surface area (TPSA) is 71.3 Å². The summed E-state index contributed by atoms with van der Waals surface area (Å²) in [6, 6.07) is 12.9. The van der Waals surface area contributed by atoms with Crippen LogP contribution in [0.4, 0.5) is 0 Å². The smallest absolute Gasteiger partial charge is 0.254 e. The summed E-state index contributed by atoms with van der Waals surface area (Å²) >= 11 is 0. The highest BCUT2D eigenvalue weighted by Crippen LogP contribution is 2.29. The normalized spacial score (nSPS) is 18.9. The molecule has 2 N–H and O–H groups in total. The lowest BCUT2D eigenvalue weighted by molar-refractivity contribution is -0.140. The third-order valence-corrected chi connectivity index (χ3v) is 4.90. The van der Waals surface area contributed by atoms with Crippen molar-refractivity contribution in [1.82, 2.24) is 9.88 Å². The average Bonchev–Trinajstić information content (AvgIpc) is 2.58. The van der Waals surface area contributed by atoms with E-state index in [2.05, 4.69) is 11.4 Å². The molecule has 1 aromatic heterocycles. The van der Waals surface area contributed by atoms with Gasteiger partial charge in [-0.2, -0.15) is 0 Å². The van der Waals surface area contributed by atoms with Gasteiger partial charge in [0, 0.05) is 11.8 Å². The molecule has 0 unspecified atom stereocenters. The highest BCUT2D eigenvalue weighted by molar-refractivity contribution is 5.84. The van der Waals surface area contributed by atoms with Crippen molar-refractivity contribution in [1.29, 1.82) is 0 Å². The first-order chi connectivity index (χ1) is 11.9. The van der Waals surface area contributed by atoms with Gasteiger partial charge < -0.3 is 15.0 Å². The molecule has 1 aliphatic rings. The fourth-order valence-corrected chi connectivity index (χ4v) is 3.42. The van der Waals surface area contributed by atoms with Crippen molar-refractivity contribution in [2.45, 2.75) is 51.3 Å². The van der Waals surface area contributed by atoms with Gasteiger partial charge in [0.05, 0.1) is 12.6 Å². The number of pyridine rings is 1. The van der Waals surface area contributed by atoms with Gasteiger partial charge >= 0.3 is 0 Å². The van der Waals surface area contributed by atoms with Crippen molar-refractivity contribution < 1.29 is 9.90 Å². The van der Waals surface area contributed by atoms with Gasteiger partial charge in [-0.3, -0.25) is 9.59 Å². The van der Waals surface area contributed by atoms with Crippen molar-refractivity contribution >= 4 is 5.91 Å². The van der Waals surface area contributed by atoms with E-state index in [1.165, 1.54) is 23.1 Å². The number of aromatic nitrogens is 1. The van der Waals surface area contributed by atoms with E-state index in [4.69, 9.17) is 0 Å². The molecule has 1 aliphatic carbocycles. The number of aryl methyl sites for hydroxylation is 2. The van der Waals surface area contributed by atoms with E-state index >= 15 is 0 Å². The summed E-state index contributed by atoms with van der Waals surface area (Å²) in [7, 11) is 0. The van der Waals surface area contributed by atoms with E-state index in [0.29, 0.717) is 5.69 Å². The molecule has 0 fully saturated rings. The number of rotatable bonds is 4. The molecule has 2 atom stereocenters. The number of nitrogens with one attached hydrogen (secondary N) is 1. The molecule has 5 nitrogen and oxygen atoms in total. The summed E-state index contributed by atoms with van der Waals surface area (Å²) < 4.78 is 1.42. The molecule has 3 rings (SSSR count). The minimum Gasteiger partial charge on any atom is -0.378 e. The predicted octanol–water partition coefficient (Wildman–Crippen LogP) is 2.10. The van der Waals surface area contributed by atoms with E-state index < -0.39 is 11.5 Å². The Hall–Kier alpha value is -2.40. The first-order valence-electron chi connectivity index (χ1n) is 8.66. The fourth-order valence-electron chi connectivity index (χ4n) is 3.42. The van der Waals surface area contributed by atoms with Crippen LogP contribution in [0.25, 0.3) is 0 Å². The Morgan fingerprint density at radius 2 is 2.04 bits per heavy atom. The number of aliphatic hydroxyl groups is 1. The summed E-state index contributed by atoms with van der Waals surface area (Å²) in [6.07, 6.45) is 2.86. The Bertz CT molecular complexity index is 839. The number of carbonyl (C=O) groups is 1. The maximum atomic E-state index is 12.7. The van der Waals surface area contributed by atoms with E-state index in [1.54, 1.807) is 19.1 Å². The maximum absolute atomic E-state index is 12.7. The van der Waals surface area contributed by atoms with Gasteiger partial charge in [-0.1, -0.05) is 30.3 Å². The fraction of sp³-hybridized carbons (Fsp3) is 0.400. The zero-order valence-corrected chi connectivity index (χ0v) is 14.7. The molecule has 5 heteroatoms. The number of benzene rings is 1.